The van der Waals surface area contributed by atoms with Crippen molar-refractivity contribution in [2.45, 2.75) is 32.1 Å². The van der Waals surface area contributed by atoms with E-state index < -0.39 is 5.41 Å². The number of hydrogen-bond donors (Lipinski definition) is 2. The van der Waals surface area contributed by atoms with Crippen molar-refractivity contribution in [1.29, 1.82) is 0 Å². The molecule has 2 rings (SSSR count). The van der Waals surface area contributed by atoms with Crippen molar-refractivity contribution in [1.82, 2.24) is 10.2 Å². The molecular weight excluding hydrogens is 345 g/mol. The van der Waals surface area contributed by atoms with Gasteiger partial charge in [-0.15, -0.1) is 12.4 Å². The Labute approximate surface area is 154 Å². The Morgan fingerprint density at radius 1 is 1.32 bits per heavy atom. The van der Waals surface area contributed by atoms with E-state index in [2.05, 4.69) is 5.32 Å². The van der Waals surface area contributed by atoms with Gasteiger partial charge in [-0.3, -0.25) is 9.59 Å². The molecule has 0 bridgehead atoms. The van der Waals surface area contributed by atoms with Crippen molar-refractivity contribution in [3.05, 3.63) is 35.6 Å². The first-order valence-corrected chi connectivity index (χ1v) is 8.39. The normalized spacial score (nSPS) is 17.6. The van der Waals surface area contributed by atoms with Gasteiger partial charge in [-0.05, 0) is 44.4 Å². The highest BCUT2D eigenvalue weighted by Crippen LogP contribution is 2.28. The second-order valence-electron chi connectivity index (χ2n) is 6.80. The van der Waals surface area contributed by atoms with Gasteiger partial charge >= 0.3 is 0 Å². The highest BCUT2D eigenvalue weighted by atomic mass is 35.5. The summed E-state index contributed by atoms with van der Waals surface area (Å²) in [5.41, 5.74) is 5.41. The fourth-order valence-electron chi connectivity index (χ4n) is 3.10. The minimum atomic E-state index is -0.761. The van der Waals surface area contributed by atoms with E-state index in [1.54, 1.807) is 17.0 Å². The maximum atomic E-state index is 13.1. The molecule has 7 heteroatoms. The number of likely N-dealkylation sites (tertiary alicyclic amines) is 1. The van der Waals surface area contributed by atoms with Gasteiger partial charge in [-0.25, -0.2) is 4.39 Å². The largest absolute Gasteiger partial charge is 0.355 e. The van der Waals surface area contributed by atoms with Gasteiger partial charge in [0.2, 0.25) is 11.8 Å². The van der Waals surface area contributed by atoms with Crippen LogP contribution in [0, 0.1) is 11.7 Å². The summed E-state index contributed by atoms with van der Waals surface area (Å²) in [6.45, 7) is 5.58. The van der Waals surface area contributed by atoms with Gasteiger partial charge in [-0.2, -0.15) is 0 Å². The molecule has 1 heterocycles. The van der Waals surface area contributed by atoms with Crippen LogP contribution in [0.3, 0.4) is 0 Å². The summed E-state index contributed by atoms with van der Waals surface area (Å²) in [4.78, 5) is 26.9. The zero-order valence-electron chi connectivity index (χ0n) is 14.8. The molecule has 0 spiro atoms. The van der Waals surface area contributed by atoms with E-state index in [0.717, 1.165) is 18.4 Å². The Morgan fingerprint density at radius 2 is 1.96 bits per heavy atom. The SMILES string of the molecule is CC(C)(C(=O)N1CCCC(C(=O)NCCN)C1)c1ccc(F)cc1.Cl. The molecule has 0 radical (unpaired) electrons. The molecule has 0 saturated carbocycles. The molecule has 3 N–H and O–H groups in total. The van der Waals surface area contributed by atoms with Gasteiger partial charge in [-0.1, -0.05) is 12.1 Å². The van der Waals surface area contributed by atoms with Gasteiger partial charge < -0.3 is 16.0 Å². The molecule has 1 saturated heterocycles. The summed E-state index contributed by atoms with van der Waals surface area (Å²) in [6.07, 6.45) is 1.57. The van der Waals surface area contributed by atoms with E-state index in [-0.39, 0.29) is 36.0 Å². The molecular formula is C18H27ClFN3O2. The maximum Gasteiger partial charge on any atom is 0.232 e. The molecule has 2 amide bonds. The lowest BCUT2D eigenvalue weighted by Crippen LogP contribution is -2.50. The summed E-state index contributed by atoms with van der Waals surface area (Å²) < 4.78 is 13.1. The number of piperidine rings is 1. The molecule has 0 aliphatic carbocycles. The van der Waals surface area contributed by atoms with Crippen LogP contribution in [0.2, 0.25) is 0 Å². The first kappa shape index (κ1) is 21.4. The molecule has 1 atom stereocenters. The van der Waals surface area contributed by atoms with Crippen LogP contribution < -0.4 is 11.1 Å². The molecule has 25 heavy (non-hydrogen) atoms. The average molecular weight is 372 g/mol. The zero-order chi connectivity index (χ0) is 17.7. The van der Waals surface area contributed by atoms with Crippen LogP contribution in [0.1, 0.15) is 32.3 Å². The lowest BCUT2D eigenvalue weighted by Gasteiger charge is -2.37. The summed E-state index contributed by atoms with van der Waals surface area (Å²) in [7, 11) is 0. The predicted molar refractivity (Wildman–Crippen MR) is 98.0 cm³/mol. The molecule has 1 unspecified atom stereocenters. The van der Waals surface area contributed by atoms with Gasteiger partial charge in [0.1, 0.15) is 5.82 Å². The number of hydrogen-bond acceptors (Lipinski definition) is 3. The van der Waals surface area contributed by atoms with Crippen LogP contribution in [0.15, 0.2) is 24.3 Å². The van der Waals surface area contributed by atoms with Crippen LogP contribution >= 0.6 is 12.4 Å². The van der Waals surface area contributed by atoms with Crippen LogP contribution in [-0.2, 0) is 15.0 Å². The van der Waals surface area contributed by atoms with Crippen molar-refractivity contribution < 1.29 is 14.0 Å². The number of benzene rings is 1. The predicted octanol–water partition coefficient (Wildman–Crippen LogP) is 1.84. The van der Waals surface area contributed by atoms with Crippen LogP contribution in [0.5, 0.6) is 0 Å². The van der Waals surface area contributed by atoms with Crippen LogP contribution in [0.4, 0.5) is 4.39 Å². The van der Waals surface area contributed by atoms with Gasteiger partial charge in [0.25, 0.3) is 0 Å². The van der Waals surface area contributed by atoms with Crippen LogP contribution in [0.25, 0.3) is 0 Å². The smallest absolute Gasteiger partial charge is 0.232 e. The number of nitrogens with one attached hydrogen (secondary N) is 1. The lowest BCUT2D eigenvalue weighted by atomic mass is 9.82. The van der Waals surface area contributed by atoms with E-state index in [4.69, 9.17) is 5.73 Å². The molecule has 1 fully saturated rings. The first-order valence-electron chi connectivity index (χ1n) is 8.39. The summed E-state index contributed by atoms with van der Waals surface area (Å²) >= 11 is 0. The number of nitrogens with two attached hydrogens (primary N) is 1. The van der Waals surface area contributed by atoms with Gasteiger partial charge in [0, 0.05) is 26.2 Å². The standard InChI is InChI=1S/C18H26FN3O2.ClH/c1-18(2,14-5-7-15(19)8-6-14)17(24)22-11-3-4-13(12-22)16(23)21-10-9-20;/h5-8,13H,3-4,9-12,20H2,1-2H3,(H,21,23);1H. The minimum absolute atomic E-state index is 0. The summed E-state index contributed by atoms with van der Waals surface area (Å²) in [5.74, 6) is -0.599. The van der Waals surface area contributed by atoms with Crippen molar-refractivity contribution in [3.63, 3.8) is 0 Å². The van der Waals surface area contributed by atoms with E-state index >= 15 is 0 Å². The van der Waals surface area contributed by atoms with E-state index in [0.29, 0.717) is 26.2 Å². The minimum Gasteiger partial charge on any atom is -0.355 e. The number of amides is 2. The maximum absolute atomic E-state index is 13.1. The number of nitrogens with zero attached hydrogens (tertiary/aromatic N) is 1. The van der Waals surface area contributed by atoms with Crippen molar-refractivity contribution in [3.8, 4) is 0 Å². The molecule has 1 aromatic rings. The Bertz CT molecular complexity index is 592. The summed E-state index contributed by atoms with van der Waals surface area (Å²) in [5, 5.41) is 2.79. The molecule has 5 nitrogen and oxygen atoms in total. The second-order valence-corrected chi connectivity index (χ2v) is 6.80. The Morgan fingerprint density at radius 3 is 2.56 bits per heavy atom. The Balaban J connectivity index is 0.00000312. The zero-order valence-corrected chi connectivity index (χ0v) is 15.6. The fraction of sp³-hybridized carbons (Fsp3) is 0.556. The number of carbonyl (C=O) groups excluding carboxylic acids is 2. The first-order chi connectivity index (χ1) is 11.4. The van der Waals surface area contributed by atoms with Gasteiger partial charge in [0.15, 0.2) is 0 Å². The third-order valence-corrected chi connectivity index (χ3v) is 4.62. The van der Waals surface area contributed by atoms with Crippen molar-refractivity contribution in [2.75, 3.05) is 26.2 Å². The molecule has 1 aliphatic heterocycles. The van der Waals surface area contributed by atoms with E-state index in [1.165, 1.54) is 12.1 Å². The number of rotatable bonds is 5. The lowest BCUT2D eigenvalue weighted by molar-refractivity contribution is -0.140. The third kappa shape index (κ3) is 5.16. The topological polar surface area (TPSA) is 75.4 Å². The van der Waals surface area contributed by atoms with E-state index in [1.807, 2.05) is 13.8 Å². The van der Waals surface area contributed by atoms with Gasteiger partial charge in [0.05, 0.1) is 11.3 Å². The Hall–Kier alpha value is -1.66. The van der Waals surface area contributed by atoms with Crippen LogP contribution in [-0.4, -0.2) is 42.9 Å². The molecule has 0 aromatic heterocycles. The number of carbonyl (C=O) groups is 2. The molecule has 1 aromatic carbocycles. The van der Waals surface area contributed by atoms with Crippen molar-refractivity contribution >= 4 is 24.2 Å². The highest BCUT2D eigenvalue weighted by Gasteiger charge is 2.37. The molecule has 140 valence electrons. The third-order valence-electron chi connectivity index (χ3n) is 4.62. The summed E-state index contributed by atoms with van der Waals surface area (Å²) in [6, 6.07) is 6.01. The molecule has 1 aliphatic rings. The highest BCUT2D eigenvalue weighted by molar-refractivity contribution is 5.88. The Kier molecular flexibility index (Phi) is 7.83. The number of halogens is 2. The quantitative estimate of drug-likeness (QED) is 0.829. The average Bonchev–Trinajstić information content (AvgIpc) is 2.59. The second kappa shape index (κ2) is 9.15. The fourth-order valence-corrected chi connectivity index (χ4v) is 3.10. The monoisotopic (exact) mass is 371 g/mol. The van der Waals surface area contributed by atoms with E-state index in [9.17, 15) is 14.0 Å². The van der Waals surface area contributed by atoms with Crippen molar-refractivity contribution in [2.24, 2.45) is 11.7 Å².